The van der Waals surface area contributed by atoms with Gasteiger partial charge in [-0.15, -0.1) is 0 Å². The summed E-state index contributed by atoms with van der Waals surface area (Å²) in [5.41, 5.74) is 5.46. The van der Waals surface area contributed by atoms with Crippen molar-refractivity contribution in [3.8, 4) is 0 Å². The third-order valence-electron chi connectivity index (χ3n) is 6.32. The summed E-state index contributed by atoms with van der Waals surface area (Å²) < 4.78 is 0. The molecule has 5 heteroatoms. The highest BCUT2D eigenvalue weighted by molar-refractivity contribution is 5.97. The van der Waals surface area contributed by atoms with Crippen molar-refractivity contribution in [3.05, 3.63) is 70.9 Å². The fourth-order valence-corrected chi connectivity index (χ4v) is 5.01. The lowest BCUT2D eigenvalue weighted by Crippen LogP contribution is -2.63. The molecule has 0 spiro atoms. The predicted octanol–water partition coefficient (Wildman–Crippen LogP) is 3.82. The van der Waals surface area contributed by atoms with Crippen molar-refractivity contribution in [2.75, 3.05) is 13.1 Å². The zero-order chi connectivity index (χ0) is 21.0. The number of fused-ring (bicyclic) bond motifs is 4. The zero-order valence-electron chi connectivity index (χ0n) is 17.7. The lowest BCUT2D eigenvalue weighted by atomic mass is 9.86. The van der Waals surface area contributed by atoms with Gasteiger partial charge in [-0.1, -0.05) is 61.9 Å². The van der Waals surface area contributed by atoms with E-state index in [0.29, 0.717) is 18.9 Å². The maximum absolute atomic E-state index is 13.5. The van der Waals surface area contributed by atoms with Crippen LogP contribution in [0.1, 0.15) is 42.3 Å². The molecule has 0 saturated carbocycles. The van der Waals surface area contributed by atoms with Gasteiger partial charge in [0.1, 0.15) is 6.04 Å². The molecule has 3 heterocycles. The summed E-state index contributed by atoms with van der Waals surface area (Å²) in [6.07, 6.45) is 0.556. The van der Waals surface area contributed by atoms with Crippen LogP contribution in [0.5, 0.6) is 0 Å². The first-order chi connectivity index (χ1) is 14.4. The molecule has 2 atom stereocenters. The van der Waals surface area contributed by atoms with Gasteiger partial charge in [0, 0.05) is 29.6 Å². The first-order valence-electron chi connectivity index (χ1n) is 10.7. The highest BCUT2D eigenvalue weighted by Gasteiger charge is 2.48. The fraction of sp³-hybridized carbons (Fsp3) is 0.360. The van der Waals surface area contributed by atoms with Gasteiger partial charge < -0.3 is 14.8 Å². The van der Waals surface area contributed by atoms with Crippen LogP contribution in [0.25, 0.3) is 10.9 Å². The molecule has 5 rings (SSSR count). The maximum atomic E-state index is 13.5. The summed E-state index contributed by atoms with van der Waals surface area (Å²) in [4.78, 5) is 34.0. The van der Waals surface area contributed by atoms with Gasteiger partial charge in [0.15, 0.2) is 0 Å². The van der Waals surface area contributed by atoms with E-state index in [-0.39, 0.29) is 24.4 Å². The number of hydrogen-bond acceptors (Lipinski definition) is 2. The Kier molecular flexibility index (Phi) is 4.42. The average molecular weight is 402 g/mol. The van der Waals surface area contributed by atoms with Crippen LogP contribution in [-0.2, 0) is 16.0 Å². The largest absolute Gasteiger partial charge is 0.356 e. The lowest BCUT2D eigenvalue weighted by molar-refractivity contribution is -0.159. The van der Waals surface area contributed by atoms with E-state index in [0.717, 1.165) is 27.7 Å². The van der Waals surface area contributed by atoms with Crippen LogP contribution in [0.2, 0.25) is 0 Å². The second-order valence-corrected chi connectivity index (χ2v) is 9.01. The number of carbonyl (C=O) groups excluding carboxylic acids is 2. The van der Waals surface area contributed by atoms with E-state index in [1.165, 1.54) is 5.56 Å². The fourth-order valence-electron chi connectivity index (χ4n) is 5.01. The number of piperazine rings is 1. The number of benzene rings is 2. The zero-order valence-corrected chi connectivity index (χ0v) is 17.7. The first-order valence-corrected chi connectivity index (χ1v) is 10.7. The molecule has 5 nitrogen and oxygen atoms in total. The monoisotopic (exact) mass is 401 g/mol. The Morgan fingerprint density at radius 1 is 1.07 bits per heavy atom. The minimum absolute atomic E-state index is 0.0233. The van der Waals surface area contributed by atoms with Crippen molar-refractivity contribution in [2.45, 2.75) is 39.3 Å². The molecule has 2 aliphatic rings. The van der Waals surface area contributed by atoms with Crippen LogP contribution in [0, 0.1) is 12.8 Å². The summed E-state index contributed by atoms with van der Waals surface area (Å²) in [5, 5.41) is 1.14. The van der Waals surface area contributed by atoms with Crippen molar-refractivity contribution in [1.29, 1.82) is 0 Å². The van der Waals surface area contributed by atoms with Crippen LogP contribution < -0.4 is 0 Å². The van der Waals surface area contributed by atoms with Crippen LogP contribution in [0.3, 0.4) is 0 Å². The molecule has 2 unspecified atom stereocenters. The molecule has 1 N–H and O–H groups in total. The molecule has 1 aromatic heterocycles. The molecule has 0 bridgehead atoms. The Bertz CT molecular complexity index is 1130. The summed E-state index contributed by atoms with van der Waals surface area (Å²) in [6.45, 7) is 6.99. The van der Waals surface area contributed by atoms with Crippen LogP contribution in [-0.4, -0.2) is 45.7 Å². The number of nitrogens with one attached hydrogen (secondary N) is 1. The van der Waals surface area contributed by atoms with Crippen molar-refractivity contribution in [1.82, 2.24) is 14.8 Å². The Labute approximate surface area is 176 Å². The molecule has 0 radical (unpaired) electrons. The van der Waals surface area contributed by atoms with Crippen molar-refractivity contribution in [2.24, 2.45) is 5.92 Å². The number of nitrogens with zero attached hydrogens (tertiary/aromatic N) is 2. The number of carbonyl (C=O) groups is 2. The normalized spacial score (nSPS) is 21.3. The van der Waals surface area contributed by atoms with Crippen molar-refractivity contribution in [3.63, 3.8) is 0 Å². The average Bonchev–Trinajstić information content (AvgIpc) is 3.09. The predicted molar refractivity (Wildman–Crippen MR) is 117 cm³/mol. The van der Waals surface area contributed by atoms with E-state index in [1.54, 1.807) is 4.90 Å². The minimum Gasteiger partial charge on any atom is -0.356 e. The molecule has 2 aromatic carbocycles. The standard InChI is InChI=1S/C25H27N3O2/c1-15(2)13-27-14-22(29)28-21(25(27)30)12-19-18-6-4-5-7-20(18)26-23(19)24(28)17-10-8-16(3)9-11-17/h4-11,15,21,24,26H,12-14H2,1-3H3. The number of hydrogen-bond donors (Lipinski definition) is 1. The summed E-state index contributed by atoms with van der Waals surface area (Å²) in [7, 11) is 0. The Hall–Kier alpha value is -3.08. The number of aromatic amines is 1. The number of H-pyrrole nitrogens is 1. The van der Waals surface area contributed by atoms with E-state index in [4.69, 9.17) is 0 Å². The van der Waals surface area contributed by atoms with Crippen molar-refractivity contribution < 1.29 is 9.59 Å². The van der Waals surface area contributed by atoms with E-state index in [2.05, 4.69) is 62.2 Å². The van der Waals surface area contributed by atoms with E-state index in [1.807, 2.05) is 17.0 Å². The molecule has 3 aromatic rings. The SMILES string of the molecule is Cc1ccc(C2c3[nH]c4ccccc4c3CC3C(=O)N(CC(C)C)CC(=O)N32)cc1. The van der Waals surface area contributed by atoms with E-state index < -0.39 is 6.04 Å². The van der Waals surface area contributed by atoms with Gasteiger partial charge in [-0.2, -0.15) is 0 Å². The number of para-hydroxylation sites is 1. The molecule has 154 valence electrons. The topological polar surface area (TPSA) is 56.4 Å². The number of aromatic nitrogens is 1. The Balaban J connectivity index is 1.68. The highest BCUT2D eigenvalue weighted by atomic mass is 16.2. The molecule has 1 saturated heterocycles. The molecular formula is C25H27N3O2. The number of amides is 2. The molecule has 2 aliphatic heterocycles. The van der Waals surface area contributed by atoms with Gasteiger partial charge in [-0.05, 0) is 30.0 Å². The van der Waals surface area contributed by atoms with Gasteiger partial charge in [0.2, 0.25) is 11.8 Å². The molecular weight excluding hydrogens is 374 g/mol. The molecule has 2 amide bonds. The van der Waals surface area contributed by atoms with Gasteiger partial charge in [0.05, 0.1) is 12.6 Å². The smallest absolute Gasteiger partial charge is 0.246 e. The van der Waals surface area contributed by atoms with Crippen molar-refractivity contribution >= 4 is 22.7 Å². The quantitative estimate of drug-likeness (QED) is 0.725. The van der Waals surface area contributed by atoms with Gasteiger partial charge in [0.25, 0.3) is 0 Å². The third kappa shape index (κ3) is 2.92. The second kappa shape index (κ2) is 7.01. The van der Waals surface area contributed by atoms with Gasteiger partial charge >= 0.3 is 0 Å². The second-order valence-electron chi connectivity index (χ2n) is 9.01. The highest BCUT2D eigenvalue weighted by Crippen LogP contribution is 2.42. The van der Waals surface area contributed by atoms with Gasteiger partial charge in [-0.25, -0.2) is 0 Å². The van der Waals surface area contributed by atoms with Crippen LogP contribution in [0.15, 0.2) is 48.5 Å². The number of aryl methyl sites for hydroxylation is 1. The van der Waals surface area contributed by atoms with Crippen LogP contribution >= 0.6 is 0 Å². The van der Waals surface area contributed by atoms with E-state index in [9.17, 15) is 9.59 Å². The maximum Gasteiger partial charge on any atom is 0.246 e. The molecule has 1 fully saturated rings. The molecule has 0 aliphatic carbocycles. The minimum atomic E-state index is -0.456. The van der Waals surface area contributed by atoms with E-state index >= 15 is 0 Å². The summed E-state index contributed by atoms with van der Waals surface area (Å²) in [5.74, 6) is 0.417. The number of rotatable bonds is 3. The Morgan fingerprint density at radius 2 is 1.80 bits per heavy atom. The summed E-state index contributed by atoms with van der Waals surface area (Å²) >= 11 is 0. The molecule has 30 heavy (non-hydrogen) atoms. The lowest BCUT2D eigenvalue weighted by Gasteiger charge is -2.47. The summed E-state index contributed by atoms with van der Waals surface area (Å²) in [6, 6.07) is 15.8. The Morgan fingerprint density at radius 3 is 2.53 bits per heavy atom. The van der Waals surface area contributed by atoms with Crippen LogP contribution in [0.4, 0.5) is 0 Å². The first kappa shape index (κ1) is 18.9. The third-order valence-corrected chi connectivity index (χ3v) is 6.32. The van der Waals surface area contributed by atoms with Gasteiger partial charge in [-0.3, -0.25) is 9.59 Å².